The molecule has 28 heavy (non-hydrogen) atoms. The zero-order valence-electron chi connectivity index (χ0n) is 15.5. The van der Waals surface area contributed by atoms with Gasteiger partial charge in [-0.25, -0.2) is 4.98 Å². The zero-order valence-corrected chi connectivity index (χ0v) is 15.5. The average molecular weight is 364 g/mol. The average Bonchev–Trinajstić information content (AvgIpc) is 2.97. The van der Waals surface area contributed by atoms with Crippen LogP contribution in [-0.4, -0.2) is 22.6 Å². The molecule has 0 fully saturated rings. The van der Waals surface area contributed by atoms with Gasteiger partial charge in [0.05, 0.1) is 22.7 Å². The van der Waals surface area contributed by atoms with E-state index in [1.165, 1.54) is 11.2 Å². The molecule has 0 radical (unpaired) electrons. The Labute approximate surface area is 164 Å². The largest absolute Gasteiger partial charge is 0.369 e. The maximum atomic E-state index is 9.01. The molecule has 0 amide bonds. The SMILES string of the molecule is N#Cc1ccc(-c2ccc3nc4n(c3c2)CCN(c2ccccc2)CC4)cc1. The lowest BCUT2D eigenvalue weighted by molar-refractivity contribution is 0.706. The summed E-state index contributed by atoms with van der Waals surface area (Å²) in [6, 6.07) is 27.0. The summed E-state index contributed by atoms with van der Waals surface area (Å²) >= 11 is 0. The van der Waals surface area contributed by atoms with E-state index in [0.29, 0.717) is 5.56 Å². The van der Waals surface area contributed by atoms with Crippen molar-refractivity contribution in [3.63, 3.8) is 0 Å². The molecule has 4 heteroatoms. The molecule has 0 atom stereocenters. The first-order valence-corrected chi connectivity index (χ1v) is 9.61. The number of hydrogen-bond acceptors (Lipinski definition) is 3. The van der Waals surface area contributed by atoms with Crippen LogP contribution >= 0.6 is 0 Å². The summed E-state index contributed by atoms with van der Waals surface area (Å²) in [5.41, 5.74) is 6.48. The van der Waals surface area contributed by atoms with Crippen molar-refractivity contribution in [2.45, 2.75) is 13.0 Å². The van der Waals surface area contributed by atoms with Crippen molar-refractivity contribution in [2.75, 3.05) is 18.0 Å². The van der Waals surface area contributed by atoms with Gasteiger partial charge in [0.15, 0.2) is 0 Å². The molecule has 0 unspecified atom stereocenters. The first-order chi connectivity index (χ1) is 13.8. The molecule has 136 valence electrons. The number of aromatic nitrogens is 2. The van der Waals surface area contributed by atoms with Crippen molar-refractivity contribution in [1.82, 2.24) is 9.55 Å². The van der Waals surface area contributed by atoms with Gasteiger partial charge in [0.1, 0.15) is 5.82 Å². The van der Waals surface area contributed by atoms with Crippen molar-refractivity contribution in [2.24, 2.45) is 0 Å². The van der Waals surface area contributed by atoms with Gasteiger partial charge in [0.2, 0.25) is 0 Å². The maximum absolute atomic E-state index is 9.01. The molecule has 4 nitrogen and oxygen atoms in total. The molecule has 5 rings (SSSR count). The van der Waals surface area contributed by atoms with Crippen molar-refractivity contribution in [3.8, 4) is 17.2 Å². The number of benzene rings is 3. The summed E-state index contributed by atoms with van der Waals surface area (Å²) in [4.78, 5) is 7.33. The first kappa shape index (κ1) is 16.6. The van der Waals surface area contributed by atoms with Crippen LogP contribution in [0.4, 0.5) is 5.69 Å². The Morgan fingerprint density at radius 2 is 1.61 bits per heavy atom. The van der Waals surface area contributed by atoms with Gasteiger partial charge in [-0.3, -0.25) is 0 Å². The van der Waals surface area contributed by atoms with Gasteiger partial charge in [0, 0.05) is 31.7 Å². The van der Waals surface area contributed by atoms with Crippen LogP contribution in [0.1, 0.15) is 11.4 Å². The Kier molecular flexibility index (Phi) is 4.06. The molecular weight excluding hydrogens is 344 g/mol. The van der Waals surface area contributed by atoms with Crippen molar-refractivity contribution < 1.29 is 0 Å². The van der Waals surface area contributed by atoms with Crippen LogP contribution in [0.3, 0.4) is 0 Å². The van der Waals surface area contributed by atoms with E-state index in [-0.39, 0.29) is 0 Å². The Morgan fingerprint density at radius 3 is 2.39 bits per heavy atom. The minimum Gasteiger partial charge on any atom is -0.369 e. The Morgan fingerprint density at radius 1 is 0.821 bits per heavy atom. The number of fused-ring (bicyclic) bond motifs is 3. The fraction of sp³-hybridized carbons (Fsp3) is 0.167. The number of anilines is 1. The van der Waals surface area contributed by atoms with Gasteiger partial charge in [-0.2, -0.15) is 5.26 Å². The van der Waals surface area contributed by atoms with Crippen LogP contribution in [0.25, 0.3) is 22.2 Å². The topological polar surface area (TPSA) is 44.9 Å². The van der Waals surface area contributed by atoms with E-state index < -0.39 is 0 Å². The predicted octanol–water partition coefficient (Wildman–Crippen LogP) is 4.64. The lowest BCUT2D eigenvalue weighted by atomic mass is 10.0. The Hall–Kier alpha value is -3.58. The van der Waals surface area contributed by atoms with Gasteiger partial charge in [0.25, 0.3) is 0 Å². The van der Waals surface area contributed by atoms with E-state index >= 15 is 0 Å². The fourth-order valence-electron chi connectivity index (χ4n) is 3.99. The number of nitrogens with zero attached hydrogens (tertiary/aromatic N) is 4. The summed E-state index contributed by atoms with van der Waals surface area (Å²) in [5, 5.41) is 9.01. The second-order valence-electron chi connectivity index (χ2n) is 7.14. The standard InChI is InChI=1S/C24H20N4/c25-17-18-6-8-19(9-7-18)20-10-11-22-23(16-20)28-15-14-27(13-12-24(28)26-22)21-4-2-1-3-5-21/h1-11,16H,12-15H2. The predicted molar refractivity (Wildman–Crippen MR) is 112 cm³/mol. The van der Waals surface area contributed by atoms with E-state index in [4.69, 9.17) is 10.2 Å². The molecule has 0 aliphatic carbocycles. The number of rotatable bonds is 2. The molecule has 1 aliphatic rings. The smallest absolute Gasteiger partial charge is 0.111 e. The number of hydrogen-bond donors (Lipinski definition) is 0. The van der Waals surface area contributed by atoms with Gasteiger partial charge in [-0.15, -0.1) is 0 Å². The van der Waals surface area contributed by atoms with Crippen LogP contribution < -0.4 is 4.90 Å². The summed E-state index contributed by atoms with van der Waals surface area (Å²) in [5.74, 6) is 1.16. The molecule has 4 aromatic rings. The number of para-hydroxylation sites is 1. The quantitative estimate of drug-likeness (QED) is 0.521. The van der Waals surface area contributed by atoms with E-state index in [1.807, 2.05) is 24.3 Å². The molecular formula is C24H20N4. The van der Waals surface area contributed by atoms with E-state index in [0.717, 1.165) is 48.5 Å². The van der Waals surface area contributed by atoms with Crippen LogP contribution in [0.5, 0.6) is 0 Å². The summed E-state index contributed by atoms with van der Waals surface area (Å²) in [6.07, 6.45) is 0.940. The van der Waals surface area contributed by atoms with Crippen molar-refractivity contribution >= 4 is 16.7 Å². The first-order valence-electron chi connectivity index (χ1n) is 9.61. The van der Waals surface area contributed by atoms with Gasteiger partial charge in [-0.05, 0) is 47.5 Å². The van der Waals surface area contributed by atoms with Crippen LogP contribution in [0.15, 0.2) is 72.8 Å². The third-order valence-electron chi connectivity index (χ3n) is 5.49. The lowest BCUT2D eigenvalue weighted by Crippen LogP contribution is -2.26. The summed E-state index contributed by atoms with van der Waals surface area (Å²) < 4.78 is 2.37. The molecule has 0 bridgehead atoms. The minimum absolute atomic E-state index is 0.684. The molecule has 0 saturated carbocycles. The molecule has 0 saturated heterocycles. The fourth-order valence-corrected chi connectivity index (χ4v) is 3.99. The highest BCUT2D eigenvalue weighted by Gasteiger charge is 2.18. The zero-order chi connectivity index (χ0) is 18.9. The van der Waals surface area contributed by atoms with Crippen LogP contribution in [0, 0.1) is 11.3 Å². The molecule has 0 N–H and O–H groups in total. The third kappa shape index (κ3) is 2.91. The van der Waals surface area contributed by atoms with Crippen molar-refractivity contribution in [3.05, 3.63) is 84.2 Å². The maximum Gasteiger partial charge on any atom is 0.111 e. The van der Waals surface area contributed by atoms with Crippen LogP contribution in [-0.2, 0) is 13.0 Å². The monoisotopic (exact) mass is 364 g/mol. The second-order valence-corrected chi connectivity index (χ2v) is 7.14. The van der Waals surface area contributed by atoms with Crippen molar-refractivity contribution in [1.29, 1.82) is 5.26 Å². The molecule has 3 aromatic carbocycles. The lowest BCUT2D eigenvalue weighted by Gasteiger charge is -2.22. The van der Waals surface area contributed by atoms with E-state index in [9.17, 15) is 0 Å². The molecule has 1 aliphatic heterocycles. The van der Waals surface area contributed by atoms with Crippen LogP contribution in [0.2, 0.25) is 0 Å². The highest BCUT2D eigenvalue weighted by Crippen LogP contribution is 2.27. The minimum atomic E-state index is 0.684. The van der Waals surface area contributed by atoms with E-state index in [2.05, 4.69) is 64.1 Å². The molecule has 1 aromatic heterocycles. The van der Waals surface area contributed by atoms with E-state index in [1.54, 1.807) is 0 Å². The highest BCUT2D eigenvalue weighted by atomic mass is 15.2. The number of nitriles is 1. The summed E-state index contributed by atoms with van der Waals surface area (Å²) in [7, 11) is 0. The van der Waals surface area contributed by atoms with Gasteiger partial charge in [-0.1, -0.05) is 36.4 Å². The van der Waals surface area contributed by atoms with Gasteiger partial charge < -0.3 is 9.47 Å². The molecule has 2 heterocycles. The highest BCUT2D eigenvalue weighted by molar-refractivity contribution is 5.83. The summed E-state index contributed by atoms with van der Waals surface area (Å²) in [6.45, 7) is 2.89. The second kappa shape index (κ2) is 6.86. The normalized spacial score (nSPS) is 13.8. The van der Waals surface area contributed by atoms with Gasteiger partial charge >= 0.3 is 0 Å². The third-order valence-corrected chi connectivity index (χ3v) is 5.49. The number of imidazole rings is 1. The Bertz CT molecular complexity index is 1170. The Balaban J connectivity index is 1.49. The molecule has 0 spiro atoms.